The molecule has 7 heteroatoms. The molecule has 0 aliphatic heterocycles. The second-order valence-electron chi connectivity index (χ2n) is 4.98. The number of halogens is 1. The highest BCUT2D eigenvalue weighted by Crippen LogP contribution is 2.25. The Hall–Kier alpha value is -1.63. The number of benzene rings is 1. The molecule has 118 valence electrons. The monoisotopic (exact) mass is 363 g/mol. The quantitative estimate of drug-likeness (QED) is 0.640. The smallest absolute Gasteiger partial charge is 0.233 e. The maximum absolute atomic E-state index is 12.3. The lowest BCUT2D eigenvalue weighted by molar-refractivity contribution is -0.127. The summed E-state index contributed by atoms with van der Waals surface area (Å²) in [5.74, 6) is 0.382. The molecule has 0 atom stereocenters. The van der Waals surface area contributed by atoms with Crippen LogP contribution >= 0.6 is 34.7 Å². The SMILES string of the molecule is CN(Cc1ccc(Cl)s1)C(=O)CSc1nncc2ccccc12. The van der Waals surface area contributed by atoms with Crippen LogP contribution in [0, 0.1) is 0 Å². The van der Waals surface area contributed by atoms with Gasteiger partial charge < -0.3 is 4.90 Å². The second-order valence-corrected chi connectivity index (χ2v) is 7.74. The van der Waals surface area contributed by atoms with Crippen molar-refractivity contribution in [2.24, 2.45) is 0 Å². The number of hydrogen-bond donors (Lipinski definition) is 0. The van der Waals surface area contributed by atoms with Gasteiger partial charge in [-0.2, -0.15) is 5.10 Å². The molecule has 3 aromatic rings. The zero-order chi connectivity index (χ0) is 16.2. The van der Waals surface area contributed by atoms with Gasteiger partial charge in [0.1, 0.15) is 5.03 Å². The van der Waals surface area contributed by atoms with Crippen LogP contribution in [0.3, 0.4) is 0 Å². The number of hydrogen-bond acceptors (Lipinski definition) is 5. The average Bonchev–Trinajstić information content (AvgIpc) is 2.97. The fourth-order valence-corrected chi connectivity index (χ4v) is 4.18. The van der Waals surface area contributed by atoms with Crippen LogP contribution in [-0.2, 0) is 11.3 Å². The third-order valence-electron chi connectivity index (χ3n) is 3.32. The Balaban J connectivity index is 1.63. The molecule has 23 heavy (non-hydrogen) atoms. The van der Waals surface area contributed by atoms with Gasteiger partial charge >= 0.3 is 0 Å². The van der Waals surface area contributed by atoms with Gasteiger partial charge in [0.25, 0.3) is 0 Å². The maximum Gasteiger partial charge on any atom is 0.233 e. The van der Waals surface area contributed by atoms with Crippen molar-refractivity contribution < 1.29 is 4.79 Å². The van der Waals surface area contributed by atoms with Crippen molar-refractivity contribution in [1.29, 1.82) is 0 Å². The van der Waals surface area contributed by atoms with E-state index in [4.69, 9.17) is 11.6 Å². The molecule has 0 saturated carbocycles. The van der Waals surface area contributed by atoms with E-state index in [2.05, 4.69) is 10.2 Å². The van der Waals surface area contributed by atoms with E-state index >= 15 is 0 Å². The minimum absolute atomic E-state index is 0.0502. The first-order chi connectivity index (χ1) is 11.1. The van der Waals surface area contributed by atoms with Crippen molar-refractivity contribution in [2.45, 2.75) is 11.6 Å². The standard InChI is InChI=1S/C16H14ClN3OS2/c1-20(9-12-6-7-14(17)23-12)15(21)10-22-16-13-5-3-2-4-11(13)8-18-19-16/h2-8H,9-10H2,1H3. The third kappa shape index (κ3) is 4.02. The van der Waals surface area contributed by atoms with Gasteiger partial charge in [0.05, 0.1) is 22.8 Å². The Labute approximate surface area is 147 Å². The van der Waals surface area contributed by atoms with E-state index in [9.17, 15) is 4.79 Å². The van der Waals surface area contributed by atoms with Gasteiger partial charge in [-0.3, -0.25) is 4.79 Å². The average molecular weight is 364 g/mol. The highest BCUT2D eigenvalue weighted by molar-refractivity contribution is 8.00. The van der Waals surface area contributed by atoms with Crippen LogP contribution in [0.4, 0.5) is 0 Å². The van der Waals surface area contributed by atoms with E-state index in [0.717, 1.165) is 25.0 Å². The van der Waals surface area contributed by atoms with Crippen LogP contribution in [0.25, 0.3) is 10.8 Å². The summed E-state index contributed by atoms with van der Waals surface area (Å²) >= 11 is 8.82. The van der Waals surface area contributed by atoms with E-state index in [1.807, 2.05) is 36.4 Å². The van der Waals surface area contributed by atoms with E-state index in [-0.39, 0.29) is 5.91 Å². The van der Waals surface area contributed by atoms with Crippen molar-refractivity contribution in [3.05, 3.63) is 51.8 Å². The highest BCUT2D eigenvalue weighted by atomic mass is 35.5. The van der Waals surface area contributed by atoms with Crippen molar-refractivity contribution in [3.63, 3.8) is 0 Å². The summed E-state index contributed by atoms with van der Waals surface area (Å²) in [6.07, 6.45) is 1.73. The Kier molecular flexibility index (Phi) is 5.15. The molecule has 0 N–H and O–H groups in total. The number of carbonyl (C=O) groups excluding carboxylic acids is 1. The first-order valence-electron chi connectivity index (χ1n) is 6.95. The Morgan fingerprint density at radius 2 is 2.13 bits per heavy atom. The number of aromatic nitrogens is 2. The Bertz CT molecular complexity index is 832. The van der Waals surface area contributed by atoms with Crippen LogP contribution in [-0.4, -0.2) is 33.8 Å². The Morgan fingerprint density at radius 3 is 2.91 bits per heavy atom. The number of amides is 1. The van der Waals surface area contributed by atoms with E-state index in [0.29, 0.717) is 12.3 Å². The minimum atomic E-state index is 0.0502. The second kappa shape index (κ2) is 7.29. The van der Waals surface area contributed by atoms with E-state index in [1.54, 1.807) is 18.1 Å². The molecule has 2 heterocycles. The number of fused-ring (bicyclic) bond motifs is 1. The zero-order valence-electron chi connectivity index (χ0n) is 12.4. The molecule has 2 aromatic heterocycles. The molecule has 0 bridgehead atoms. The molecule has 0 aliphatic carbocycles. The molecule has 0 unspecified atom stereocenters. The van der Waals surface area contributed by atoms with Crippen molar-refractivity contribution in [3.8, 4) is 0 Å². The summed E-state index contributed by atoms with van der Waals surface area (Å²) in [5.41, 5.74) is 0. The van der Waals surface area contributed by atoms with Gasteiger partial charge in [-0.05, 0) is 12.1 Å². The Morgan fingerprint density at radius 1 is 1.30 bits per heavy atom. The number of thioether (sulfide) groups is 1. The zero-order valence-corrected chi connectivity index (χ0v) is 14.8. The maximum atomic E-state index is 12.3. The van der Waals surface area contributed by atoms with Crippen LogP contribution in [0.15, 0.2) is 47.6 Å². The molecule has 0 spiro atoms. The molecule has 0 fully saturated rings. The topological polar surface area (TPSA) is 46.1 Å². The fraction of sp³-hybridized carbons (Fsp3) is 0.188. The largest absolute Gasteiger partial charge is 0.340 e. The molecule has 1 aromatic carbocycles. The van der Waals surface area contributed by atoms with Gasteiger partial charge in [-0.25, -0.2) is 0 Å². The van der Waals surface area contributed by atoms with E-state index < -0.39 is 0 Å². The van der Waals surface area contributed by atoms with Crippen molar-refractivity contribution in [2.75, 3.05) is 12.8 Å². The van der Waals surface area contributed by atoms with Crippen LogP contribution < -0.4 is 0 Å². The molecule has 3 rings (SSSR count). The number of thiophene rings is 1. The summed E-state index contributed by atoms with van der Waals surface area (Å²) in [6.45, 7) is 0.567. The van der Waals surface area contributed by atoms with Gasteiger partial charge in [-0.1, -0.05) is 47.6 Å². The van der Waals surface area contributed by atoms with Crippen LogP contribution in [0.5, 0.6) is 0 Å². The van der Waals surface area contributed by atoms with Gasteiger partial charge in [0.15, 0.2) is 0 Å². The summed E-state index contributed by atoms with van der Waals surface area (Å²) in [6, 6.07) is 11.7. The first kappa shape index (κ1) is 16.2. The van der Waals surface area contributed by atoms with Crippen molar-refractivity contribution >= 4 is 51.4 Å². The lowest BCUT2D eigenvalue weighted by Crippen LogP contribution is -2.27. The molecule has 0 aliphatic rings. The lowest BCUT2D eigenvalue weighted by Gasteiger charge is -2.15. The van der Waals surface area contributed by atoms with Gasteiger partial charge in [-0.15, -0.1) is 16.4 Å². The number of nitrogens with zero attached hydrogens (tertiary/aromatic N) is 3. The summed E-state index contributed by atoms with van der Waals surface area (Å²) in [4.78, 5) is 15.1. The summed E-state index contributed by atoms with van der Waals surface area (Å²) in [7, 11) is 1.80. The predicted molar refractivity (Wildman–Crippen MR) is 96.1 cm³/mol. The fourth-order valence-electron chi connectivity index (χ4n) is 2.11. The van der Waals surface area contributed by atoms with Crippen molar-refractivity contribution in [1.82, 2.24) is 15.1 Å². The van der Waals surface area contributed by atoms with Gasteiger partial charge in [0.2, 0.25) is 5.91 Å². The summed E-state index contributed by atoms with van der Waals surface area (Å²) in [5, 5.41) is 11.0. The minimum Gasteiger partial charge on any atom is -0.340 e. The molecule has 1 amide bonds. The van der Waals surface area contributed by atoms with E-state index in [1.165, 1.54) is 23.1 Å². The first-order valence-corrected chi connectivity index (χ1v) is 9.13. The summed E-state index contributed by atoms with van der Waals surface area (Å²) < 4.78 is 0.737. The lowest BCUT2D eigenvalue weighted by atomic mass is 10.2. The predicted octanol–water partition coefficient (Wildman–Crippen LogP) is 4.10. The number of rotatable bonds is 5. The van der Waals surface area contributed by atoms with Gasteiger partial charge in [0, 0.05) is 22.7 Å². The molecule has 0 radical (unpaired) electrons. The van der Waals surface area contributed by atoms with Crippen LogP contribution in [0.1, 0.15) is 4.88 Å². The molecular weight excluding hydrogens is 350 g/mol. The van der Waals surface area contributed by atoms with Crippen LogP contribution in [0.2, 0.25) is 4.34 Å². The normalized spacial score (nSPS) is 10.9. The molecule has 4 nitrogen and oxygen atoms in total. The number of carbonyl (C=O) groups is 1. The molecular formula is C16H14ClN3OS2. The highest BCUT2D eigenvalue weighted by Gasteiger charge is 2.13. The molecule has 0 saturated heterocycles. The third-order valence-corrected chi connectivity index (χ3v) is 5.50.